The average Bonchev–Trinajstić information content (AvgIpc) is 2.74. The third-order valence-electron chi connectivity index (χ3n) is 3.26. The number of rotatable bonds is 0. The molecular formula is C8H12O3. The van der Waals surface area contributed by atoms with Gasteiger partial charge in [0.2, 0.25) is 0 Å². The van der Waals surface area contributed by atoms with Crippen molar-refractivity contribution in [3.05, 3.63) is 0 Å². The van der Waals surface area contributed by atoms with Crippen molar-refractivity contribution < 1.29 is 14.9 Å². The number of aliphatic hydroxyl groups excluding tert-OH is 2. The van der Waals surface area contributed by atoms with Crippen LogP contribution in [0, 0.1) is 0 Å². The largest absolute Gasteiger partial charge is 0.390 e. The van der Waals surface area contributed by atoms with Gasteiger partial charge >= 0.3 is 0 Å². The number of hydrogen-bond donors (Lipinski definition) is 2. The molecule has 2 aliphatic carbocycles. The van der Waals surface area contributed by atoms with Gasteiger partial charge in [0.1, 0.15) is 5.60 Å². The predicted octanol–water partition coefficient (Wildman–Crippen LogP) is -0.196. The highest BCUT2D eigenvalue weighted by Crippen LogP contribution is 2.61. The minimum Gasteiger partial charge on any atom is -0.390 e. The third kappa shape index (κ3) is 0.643. The molecule has 0 amide bonds. The first-order chi connectivity index (χ1) is 5.17. The van der Waals surface area contributed by atoms with Crippen molar-refractivity contribution in [2.45, 2.75) is 49.1 Å². The molecule has 2 saturated carbocycles. The summed E-state index contributed by atoms with van der Waals surface area (Å²) in [6.07, 6.45) is 2.69. The zero-order chi connectivity index (χ0) is 7.69. The molecule has 1 saturated heterocycles. The first kappa shape index (κ1) is 6.40. The van der Waals surface area contributed by atoms with Crippen LogP contribution in [0.25, 0.3) is 0 Å². The maximum Gasteiger partial charge on any atom is 0.123 e. The molecule has 3 heteroatoms. The fraction of sp³-hybridized carbons (Fsp3) is 1.00. The summed E-state index contributed by atoms with van der Waals surface area (Å²) >= 11 is 0. The first-order valence-corrected chi connectivity index (χ1v) is 4.23. The van der Waals surface area contributed by atoms with Gasteiger partial charge in [-0.15, -0.1) is 0 Å². The van der Waals surface area contributed by atoms with Crippen LogP contribution in [0.15, 0.2) is 0 Å². The predicted molar refractivity (Wildman–Crippen MR) is 37.0 cm³/mol. The second-order valence-electron chi connectivity index (χ2n) is 4.18. The van der Waals surface area contributed by atoms with Crippen molar-refractivity contribution in [1.29, 1.82) is 0 Å². The van der Waals surface area contributed by atoms with Gasteiger partial charge in [0.05, 0.1) is 17.8 Å². The highest BCUT2D eigenvalue weighted by atomic mass is 16.6. The quantitative estimate of drug-likeness (QED) is 0.511. The van der Waals surface area contributed by atoms with Crippen LogP contribution in [0.2, 0.25) is 0 Å². The Morgan fingerprint density at radius 2 is 1.73 bits per heavy atom. The Kier molecular flexibility index (Phi) is 0.866. The maximum absolute atomic E-state index is 9.58. The average molecular weight is 156 g/mol. The molecule has 62 valence electrons. The van der Waals surface area contributed by atoms with Crippen LogP contribution in [0.1, 0.15) is 25.7 Å². The van der Waals surface area contributed by atoms with Crippen LogP contribution in [0.5, 0.6) is 0 Å². The molecule has 0 bridgehead atoms. The topological polar surface area (TPSA) is 49.7 Å². The van der Waals surface area contributed by atoms with Gasteiger partial charge in [-0.1, -0.05) is 0 Å². The molecule has 1 aliphatic heterocycles. The van der Waals surface area contributed by atoms with Crippen LogP contribution in [-0.4, -0.2) is 33.6 Å². The summed E-state index contributed by atoms with van der Waals surface area (Å²) in [6, 6.07) is 0. The molecule has 1 unspecified atom stereocenters. The standard InChI is InChI=1S/C8H12O3/c9-5-3-7(1-2-7)11-8(5)4-6(8)10/h5-6,9-10H,1-4H2/t5-,6?,8+/m0/s1. The summed E-state index contributed by atoms with van der Waals surface area (Å²) in [5.41, 5.74) is -0.548. The normalized spacial score (nSPS) is 57.3. The molecule has 1 heterocycles. The summed E-state index contributed by atoms with van der Waals surface area (Å²) in [6.45, 7) is 0. The van der Waals surface area contributed by atoms with Crippen LogP contribution in [0.4, 0.5) is 0 Å². The molecule has 0 aromatic carbocycles. The van der Waals surface area contributed by atoms with E-state index < -0.39 is 17.8 Å². The van der Waals surface area contributed by atoms with E-state index in [1.165, 1.54) is 0 Å². The summed E-state index contributed by atoms with van der Waals surface area (Å²) in [4.78, 5) is 0. The lowest BCUT2D eigenvalue weighted by Crippen LogP contribution is -2.27. The van der Waals surface area contributed by atoms with Crippen molar-refractivity contribution in [2.24, 2.45) is 0 Å². The monoisotopic (exact) mass is 156 g/mol. The SMILES string of the molecule is OC1C[C@]12OC1(CC1)C[C@@H]2O. The summed E-state index contributed by atoms with van der Waals surface area (Å²) in [7, 11) is 0. The van der Waals surface area contributed by atoms with Crippen LogP contribution >= 0.6 is 0 Å². The Hall–Kier alpha value is -0.120. The van der Waals surface area contributed by atoms with E-state index >= 15 is 0 Å². The first-order valence-electron chi connectivity index (χ1n) is 4.23. The molecule has 2 N–H and O–H groups in total. The number of hydrogen-bond acceptors (Lipinski definition) is 3. The van der Waals surface area contributed by atoms with Crippen molar-refractivity contribution >= 4 is 0 Å². The van der Waals surface area contributed by atoms with Gasteiger partial charge in [0.25, 0.3) is 0 Å². The molecule has 11 heavy (non-hydrogen) atoms. The minimum atomic E-state index is -0.531. The van der Waals surface area contributed by atoms with Gasteiger partial charge in [-0.05, 0) is 12.8 Å². The number of aliphatic hydroxyl groups is 2. The van der Waals surface area contributed by atoms with Crippen molar-refractivity contribution in [3.8, 4) is 0 Å². The van der Waals surface area contributed by atoms with Gasteiger partial charge in [-0.3, -0.25) is 0 Å². The zero-order valence-electron chi connectivity index (χ0n) is 6.29. The Morgan fingerprint density at radius 3 is 2.00 bits per heavy atom. The Labute approximate surface area is 65.0 Å². The summed E-state index contributed by atoms with van der Waals surface area (Å²) < 4.78 is 5.68. The molecule has 3 aliphatic rings. The van der Waals surface area contributed by atoms with E-state index in [2.05, 4.69) is 0 Å². The van der Waals surface area contributed by atoms with Crippen LogP contribution in [0.3, 0.4) is 0 Å². The van der Waals surface area contributed by atoms with Gasteiger partial charge in [0.15, 0.2) is 0 Å². The van der Waals surface area contributed by atoms with Crippen LogP contribution < -0.4 is 0 Å². The molecule has 3 rings (SSSR count). The molecule has 0 aromatic heterocycles. The fourth-order valence-corrected chi connectivity index (χ4v) is 2.19. The molecule has 3 fully saturated rings. The lowest BCUT2D eigenvalue weighted by molar-refractivity contribution is -0.0458. The molecule has 3 atom stereocenters. The Balaban J connectivity index is 1.88. The molecule has 2 spiro atoms. The van der Waals surface area contributed by atoms with Crippen molar-refractivity contribution in [2.75, 3.05) is 0 Å². The van der Waals surface area contributed by atoms with Crippen molar-refractivity contribution in [1.82, 2.24) is 0 Å². The fourth-order valence-electron chi connectivity index (χ4n) is 2.19. The lowest BCUT2D eigenvalue weighted by Gasteiger charge is -2.11. The second-order valence-corrected chi connectivity index (χ2v) is 4.18. The maximum atomic E-state index is 9.58. The highest BCUT2D eigenvalue weighted by molar-refractivity contribution is 5.21. The van der Waals surface area contributed by atoms with E-state index in [-0.39, 0.29) is 5.60 Å². The van der Waals surface area contributed by atoms with Gasteiger partial charge in [0, 0.05) is 12.8 Å². The van der Waals surface area contributed by atoms with Crippen molar-refractivity contribution in [3.63, 3.8) is 0 Å². The van der Waals surface area contributed by atoms with E-state index in [4.69, 9.17) is 4.74 Å². The molecule has 3 nitrogen and oxygen atoms in total. The Bertz CT molecular complexity index is 211. The molecule has 0 radical (unpaired) electrons. The number of ether oxygens (including phenoxy) is 1. The van der Waals surface area contributed by atoms with E-state index in [0.717, 1.165) is 19.3 Å². The van der Waals surface area contributed by atoms with Crippen LogP contribution in [-0.2, 0) is 4.74 Å². The van der Waals surface area contributed by atoms with E-state index in [0.29, 0.717) is 6.42 Å². The van der Waals surface area contributed by atoms with Gasteiger partial charge < -0.3 is 14.9 Å². The smallest absolute Gasteiger partial charge is 0.123 e. The van der Waals surface area contributed by atoms with Gasteiger partial charge in [-0.25, -0.2) is 0 Å². The minimum absolute atomic E-state index is 0.0170. The van der Waals surface area contributed by atoms with Gasteiger partial charge in [-0.2, -0.15) is 0 Å². The lowest BCUT2D eigenvalue weighted by atomic mass is 10.1. The Morgan fingerprint density at radius 1 is 1.09 bits per heavy atom. The summed E-state index contributed by atoms with van der Waals surface area (Å²) in [5.74, 6) is 0. The van der Waals surface area contributed by atoms with E-state index in [1.54, 1.807) is 0 Å². The second kappa shape index (κ2) is 1.49. The third-order valence-corrected chi connectivity index (χ3v) is 3.26. The zero-order valence-corrected chi connectivity index (χ0v) is 6.29. The molecular weight excluding hydrogens is 144 g/mol. The summed E-state index contributed by atoms with van der Waals surface area (Å²) in [5, 5.41) is 18.8. The van der Waals surface area contributed by atoms with E-state index in [9.17, 15) is 10.2 Å². The highest BCUT2D eigenvalue weighted by Gasteiger charge is 2.71. The molecule has 0 aromatic rings. The van der Waals surface area contributed by atoms with E-state index in [1.807, 2.05) is 0 Å².